The second-order valence-electron chi connectivity index (χ2n) is 6.02. The highest BCUT2D eigenvalue weighted by Crippen LogP contribution is 2.18. The van der Waals surface area contributed by atoms with E-state index in [2.05, 4.69) is 4.72 Å². The van der Waals surface area contributed by atoms with Gasteiger partial charge in [0.1, 0.15) is 0 Å². The van der Waals surface area contributed by atoms with Gasteiger partial charge in [0.25, 0.3) is 15.9 Å². The minimum atomic E-state index is -3.65. The van der Waals surface area contributed by atoms with Crippen LogP contribution in [-0.2, 0) is 10.0 Å². The number of aliphatic hydroxyl groups excluding tert-OH is 1. The third-order valence-electron chi connectivity index (χ3n) is 4.19. The molecule has 2 aromatic carbocycles. The summed E-state index contributed by atoms with van der Waals surface area (Å²) < 4.78 is 27.1. The number of hydrogen-bond acceptors (Lipinski definition) is 4. The van der Waals surface area contributed by atoms with Crippen LogP contribution in [-0.4, -0.2) is 43.5 Å². The molecule has 1 aliphatic rings. The van der Waals surface area contributed by atoms with Gasteiger partial charge in [-0.25, -0.2) is 8.42 Å². The molecule has 1 aliphatic heterocycles. The van der Waals surface area contributed by atoms with Crippen molar-refractivity contribution in [2.24, 2.45) is 0 Å². The van der Waals surface area contributed by atoms with Crippen LogP contribution in [0.4, 0.5) is 5.69 Å². The first-order valence-corrected chi connectivity index (χ1v) is 9.59. The summed E-state index contributed by atoms with van der Waals surface area (Å²) in [7, 11) is -3.65. The van der Waals surface area contributed by atoms with Crippen LogP contribution >= 0.6 is 0 Å². The molecule has 0 aromatic heterocycles. The van der Waals surface area contributed by atoms with E-state index in [4.69, 9.17) is 0 Å². The first-order chi connectivity index (χ1) is 12.0. The number of carbonyl (C=O) groups is 1. The van der Waals surface area contributed by atoms with Crippen LogP contribution in [0, 0.1) is 0 Å². The van der Waals surface area contributed by atoms with Gasteiger partial charge >= 0.3 is 0 Å². The highest BCUT2D eigenvalue weighted by atomic mass is 32.2. The van der Waals surface area contributed by atoms with Gasteiger partial charge in [0.05, 0.1) is 11.0 Å². The average Bonchev–Trinajstić information content (AvgIpc) is 2.63. The van der Waals surface area contributed by atoms with Crippen LogP contribution in [0.15, 0.2) is 59.5 Å². The van der Waals surface area contributed by atoms with Crippen molar-refractivity contribution in [1.29, 1.82) is 0 Å². The van der Waals surface area contributed by atoms with E-state index in [-0.39, 0.29) is 16.9 Å². The quantitative estimate of drug-likeness (QED) is 0.874. The number of carbonyl (C=O) groups excluding carboxylic acids is 1. The van der Waals surface area contributed by atoms with Gasteiger partial charge in [-0.3, -0.25) is 9.52 Å². The smallest absolute Gasteiger partial charge is 0.261 e. The summed E-state index contributed by atoms with van der Waals surface area (Å²) in [5.74, 6) is -0.107. The normalized spacial score (nSPS) is 15.8. The number of rotatable bonds is 4. The zero-order valence-electron chi connectivity index (χ0n) is 13.6. The number of sulfonamides is 1. The zero-order chi connectivity index (χ0) is 17.9. The molecule has 2 aromatic rings. The van der Waals surface area contributed by atoms with E-state index in [1.807, 2.05) is 0 Å². The minimum absolute atomic E-state index is 0.107. The Bertz CT molecular complexity index is 827. The third-order valence-corrected chi connectivity index (χ3v) is 5.59. The molecule has 2 N–H and O–H groups in total. The molecule has 1 fully saturated rings. The summed E-state index contributed by atoms with van der Waals surface area (Å²) in [5.41, 5.74) is 0.897. The maximum Gasteiger partial charge on any atom is 0.261 e. The number of anilines is 1. The highest BCUT2D eigenvalue weighted by Gasteiger charge is 2.22. The van der Waals surface area contributed by atoms with E-state index >= 15 is 0 Å². The third kappa shape index (κ3) is 4.18. The molecule has 0 bridgehead atoms. The van der Waals surface area contributed by atoms with Crippen LogP contribution in [0.1, 0.15) is 23.2 Å². The van der Waals surface area contributed by atoms with Crippen molar-refractivity contribution in [3.05, 3.63) is 60.2 Å². The fourth-order valence-corrected chi connectivity index (χ4v) is 3.83. The van der Waals surface area contributed by atoms with Crippen molar-refractivity contribution in [1.82, 2.24) is 4.90 Å². The Labute approximate surface area is 147 Å². The van der Waals surface area contributed by atoms with Gasteiger partial charge < -0.3 is 10.0 Å². The van der Waals surface area contributed by atoms with E-state index in [9.17, 15) is 18.3 Å². The largest absolute Gasteiger partial charge is 0.393 e. The number of aliphatic hydroxyl groups is 1. The second-order valence-corrected chi connectivity index (χ2v) is 7.70. The first kappa shape index (κ1) is 17.4. The van der Waals surface area contributed by atoms with E-state index in [1.54, 1.807) is 47.4 Å². The summed E-state index contributed by atoms with van der Waals surface area (Å²) in [6.45, 7) is 1.06. The molecule has 0 unspecified atom stereocenters. The lowest BCUT2D eigenvalue weighted by atomic mass is 10.1. The van der Waals surface area contributed by atoms with Gasteiger partial charge in [-0.2, -0.15) is 0 Å². The number of benzene rings is 2. The first-order valence-electron chi connectivity index (χ1n) is 8.11. The van der Waals surface area contributed by atoms with Crippen molar-refractivity contribution >= 4 is 21.6 Å². The molecule has 132 valence electrons. The Balaban J connectivity index is 1.69. The zero-order valence-corrected chi connectivity index (χ0v) is 14.4. The van der Waals surface area contributed by atoms with Crippen LogP contribution in [0.3, 0.4) is 0 Å². The Morgan fingerprint density at radius 3 is 2.20 bits per heavy atom. The van der Waals surface area contributed by atoms with Crippen molar-refractivity contribution in [3.63, 3.8) is 0 Å². The Hall–Kier alpha value is -2.38. The predicted molar refractivity (Wildman–Crippen MR) is 94.8 cm³/mol. The highest BCUT2D eigenvalue weighted by molar-refractivity contribution is 7.92. The molecule has 6 nitrogen and oxygen atoms in total. The minimum Gasteiger partial charge on any atom is -0.393 e. The topological polar surface area (TPSA) is 86.7 Å². The lowest BCUT2D eigenvalue weighted by molar-refractivity contribution is 0.0546. The number of likely N-dealkylation sites (tertiary alicyclic amines) is 1. The van der Waals surface area contributed by atoms with Crippen LogP contribution < -0.4 is 4.72 Å². The van der Waals surface area contributed by atoms with Crippen molar-refractivity contribution in [3.8, 4) is 0 Å². The van der Waals surface area contributed by atoms with Gasteiger partial charge in [-0.15, -0.1) is 0 Å². The number of piperidine rings is 1. The summed E-state index contributed by atoms with van der Waals surface area (Å²) in [4.78, 5) is 14.3. The maximum absolute atomic E-state index is 12.4. The van der Waals surface area contributed by atoms with E-state index < -0.39 is 10.0 Å². The molecule has 0 spiro atoms. The van der Waals surface area contributed by atoms with Crippen LogP contribution in [0.2, 0.25) is 0 Å². The summed E-state index contributed by atoms with van der Waals surface area (Å²) in [6.07, 6.45) is 0.834. The molecule has 0 radical (unpaired) electrons. The SMILES string of the molecule is O=C(c1ccc(NS(=O)(=O)c2ccccc2)cc1)N1CCC(O)CC1. The van der Waals surface area contributed by atoms with Gasteiger partial charge in [0.15, 0.2) is 0 Å². The fourth-order valence-electron chi connectivity index (χ4n) is 2.75. The van der Waals surface area contributed by atoms with Crippen molar-refractivity contribution in [2.75, 3.05) is 17.8 Å². The molecule has 25 heavy (non-hydrogen) atoms. The molecule has 3 rings (SSSR count). The predicted octanol–water partition coefficient (Wildman–Crippen LogP) is 2.08. The molecule has 7 heteroatoms. The molecule has 1 saturated heterocycles. The summed E-state index contributed by atoms with van der Waals surface area (Å²) >= 11 is 0. The molecular weight excluding hydrogens is 340 g/mol. The van der Waals surface area contributed by atoms with Crippen molar-refractivity contribution in [2.45, 2.75) is 23.8 Å². The molecule has 0 saturated carbocycles. The lowest BCUT2D eigenvalue weighted by Crippen LogP contribution is -2.40. The molecule has 1 heterocycles. The molecule has 0 atom stereocenters. The molecule has 0 aliphatic carbocycles. The van der Waals surface area contributed by atoms with E-state index in [0.29, 0.717) is 37.2 Å². The molecular formula is C18H20N2O4S. The molecule has 1 amide bonds. The average molecular weight is 360 g/mol. The fraction of sp³-hybridized carbons (Fsp3) is 0.278. The Morgan fingerprint density at radius 1 is 1.00 bits per heavy atom. The van der Waals surface area contributed by atoms with Gasteiger partial charge in [-0.05, 0) is 49.2 Å². The van der Waals surface area contributed by atoms with E-state index in [0.717, 1.165) is 0 Å². The number of nitrogens with one attached hydrogen (secondary N) is 1. The van der Waals surface area contributed by atoms with E-state index in [1.165, 1.54) is 12.1 Å². The lowest BCUT2D eigenvalue weighted by Gasteiger charge is -2.29. The summed E-state index contributed by atoms with van der Waals surface area (Å²) in [6, 6.07) is 14.5. The second kappa shape index (κ2) is 7.25. The standard InChI is InChI=1S/C18H20N2O4S/c21-16-10-12-20(13-11-16)18(22)14-6-8-15(9-7-14)19-25(23,24)17-4-2-1-3-5-17/h1-9,16,19,21H,10-13H2. The Morgan fingerprint density at radius 2 is 1.60 bits per heavy atom. The van der Waals surface area contributed by atoms with Gasteiger partial charge in [-0.1, -0.05) is 18.2 Å². The summed E-state index contributed by atoms with van der Waals surface area (Å²) in [5, 5.41) is 9.51. The monoisotopic (exact) mass is 360 g/mol. The maximum atomic E-state index is 12.4. The number of hydrogen-bond donors (Lipinski definition) is 2. The van der Waals surface area contributed by atoms with Crippen LogP contribution in [0.25, 0.3) is 0 Å². The van der Waals surface area contributed by atoms with Gasteiger partial charge in [0, 0.05) is 24.3 Å². The number of nitrogens with zero attached hydrogens (tertiary/aromatic N) is 1. The number of amides is 1. The van der Waals surface area contributed by atoms with Crippen molar-refractivity contribution < 1.29 is 18.3 Å². The van der Waals surface area contributed by atoms with Gasteiger partial charge in [0.2, 0.25) is 0 Å². The Kier molecular flexibility index (Phi) is 5.06. The van der Waals surface area contributed by atoms with Crippen LogP contribution in [0.5, 0.6) is 0 Å².